The van der Waals surface area contributed by atoms with Gasteiger partial charge in [-0.15, -0.1) is 22.7 Å². The molecule has 46 heteroatoms. The van der Waals surface area contributed by atoms with Gasteiger partial charge in [0.2, 0.25) is 37.9 Å². The van der Waals surface area contributed by atoms with Gasteiger partial charge in [0.1, 0.15) is 46.9 Å². The number of thiazole rings is 6. The third-order valence-corrected chi connectivity index (χ3v) is 22.9. The number of carboxylic acids is 3. The number of carbonyl (C=O) groups is 3. The summed E-state index contributed by atoms with van der Waals surface area (Å²) in [5.41, 5.74) is 11.1. The van der Waals surface area contributed by atoms with Crippen LogP contribution in [0.5, 0.6) is 17.5 Å². The second kappa shape index (κ2) is 59.9. The molecule has 13 aromatic heterocycles. The fourth-order valence-corrected chi connectivity index (χ4v) is 14.6. The van der Waals surface area contributed by atoms with E-state index in [-0.39, 0.29) is 25.1 Å². The summed E-state index contributed by atoms with van der Waals surface area (Å²) in [4.78, 5) is 98.8. The number of aromatic amines is 4. The van der Waals surface area contributed by atoms with Crippen LogP contribution >= 0.6 is 79.6 Å². The molecule has 0 amide bonds. The molecule has 0 spiro atoms. The third-order valence-electron chi connectivity index (χ3n) is 18.0. The van der Waals surface area contributed by atoms with Gasteiger partial charge in [-0.1, -0.05) is 143 Å². The molecule has 0 saturated carbocycles. The largest absolute Gasteiger partial charge is 1.00 e. The van der Waals surface area contributed by atoms with Gasteiger partial charge in [0.25, 0.3) is 22.8 Å². The Kier molecular flexibility index (Phi) is 48.3. The molecule has 1 aromatic carbocycles. The maximum Gasteiger partial charge on any atom is 0.430 e. The van der Waals surface area contributed by atoms with Crippen LogP contribution in [0.3, 0.4) is 0 Å². The van der Waals surface area contributed by atoms with Crippen molar-refractivity contribution in [2.75, 3.05) is 47.9 Å². The first kappa shape index (κ1) is 115. The van der Waals surface area contributed by atoms with Crippen molar-refractivity contribution >= 4 is 115 Å². The van der Waals surface area contributed by atoms with Gasteiger partial charge in [-0.05, 0) is 107 Å². The van der Waals surface area contributed by atoms with Crippen LogP contribution in [0.25, 0.3) is 0 Å². The maximum atomic E-state index is 10.5. The number of H-pyrrole nitrogens is 4. The van der Waals surface area contributed by atoms with Crippen LogP contribution in [0.2, 0.25) is 5.02 Å². The summed E-state index contributed by atoms with van der Waals surface area (Å²) < 4.78 is 106. The van der Waals surface area contributed by atoms with Gasteiger partial charge in [-0.2, -0.15) is 59.4 Å². The third kappa shape index (κ3) is 45.3. The molecule has 2 saturated heterocycles. The number of aryl methyl sites for hydroxylation is 6. The summed E-state index contributed by atoms with van der Waals surface area (Å²) in [7, 11) is 0. The number of halogens is 11. The van der Waals surface area contributed by atoms with Crippen molar-refractivity contribution in [1.82, 2.24) is 64.8 Å². The normalized spacial score (nSPS) is 12.4. The quantitative estimate of drug-likeness (QED) is 0.0897. The molecule has 16 rings (SSSR count). The van der Waals surface area contributed by atoms with E-state index >= 15 is 0 Å². The number of benzene rings is 1. The molecule has 2 aliphatic heterocycles. The van der Waals surface area contributed by atoms with Crippen LogP contribution in [-0.4, -0.2) is 145 Å². The zero-order valence-electron chi connectivity index (χ0n) is 77.5. The zero-order chi connectivity index (χ0) is 103. The van der Waals surface area contributed by atoms with E-state index in [9.17, 15) is 44.6 Å². The van der Waals surface area contributed by atoms with Crippen LogP contribution in [0.15, 0.2) is 174 Å². The highest BCUT2D eigenvalue weighted by atomic mass is 35.5. The topological polar surface area (TPSA) is 402 Å². The molecule has 2 unspecified atom stereocenters. The first-order valence-electron chi connectivity index (χ1n) is 42.5. The van der Waals surface area contributed by atoms with Crippen LogP contribution in [0, 0.1) is 119 Å². The summed E-state index contributed by atoms with van der Waals surface area (Å²) >= 11 is 15.6. The molecule has 15 heterocycles. The highest BCUT2D eigenvalue weighted by Crippen LogP contribution is 2.25. The van der Waals surface area contributed by atoms with Gasteiger partial charge in [-0.3, -0.25) is 15.0 Å². The Morgan fingerprint density at radius 3 is 1.26 bits per heavy atom. The molecule has 2 fully saturated rings. The zero-order valence-corrected chi connectivity index (χ0v) is 83.9. The number of piperidine rings is 1. The number of aliphatic hydroxyl groups is 1. The second-order valence-corrected chi connectivity index (χ2v) is 36.4. The lowest BCUT2D eigenvalue weighted by Crippen LogP contribution is -3.00. The maximum absolute atomic E-state index is 10.5. The molecule has 6 N–H and O–H groups in total. The summed E-state index contributed by atoms with van der Waals surface area (Å²) in [5, 5.41) is 57.9. The minimum absolute atomic E-state index is 0. The van der Waals surface area contributed by atoms with E-state index in [1.807, 2.05) is 142 Å². The van der Waals surface area contributed by atoms with Crippen molar-refractivity contribution in [2.24, 2.45) is 5.92 Å². The lowest BCUT2D eigenvalue weighted by Gasteiger charge is -2.31. The van der Waals surface area contributed by atoms with Crippen molar-refractivity contribution in [2.45, 2.75) is 138 Å². The van der Waals surface area contributed by atoms with Crippen molar-refractivity contribution in [3.8, 4) is 88.6 Å². The first-order chi connectivity index (χ1) is 67.8. The molecular formula is C97H89Cl2F9N20O9S6. The van der Waals surface area contributed by atoms with Gasteiger partial charge in [0, 0.05) is 186 Å². The van der Waals surface area contributed by atoms with E-state index in [0.29, 0.717) is 46.4 Å². The number of anilines is 3. The number of ether oxygens (including phenoxy) is 2. The second-order valence-electron chi connectivity index (χ2n) is 29.5. The number of aromatic nitrogens is 17. The lowest BCUT2D eigenvalue weighted by molar-refractivity contribution is -0.383. The summed E-state index contributed by atoms with van der Waals surface area (Å²) in [6.45, 7) is 22.3. The van der Waals surface area contributed by atoms with E-state index in [4.69, 9.17) is 50.8 Å². The van der Waals surface area contributed by atoms with Gasteiger partial charge >= 0.3 is 24.5 Å². The molecular weight excluding hydrogens is 2020 g/mol. The Balaban J connectivity index is 0.000000224. The Hall–Kier alpha value is -14.6. The monoisotopic (exact) mass is 2110 g/mol. The summed E-state index contributed by atoms with van der Waals surface area (Å²) in [6, 6.07) is 18.0. The van der Waals surface area contributed by atoms with Crippen LogP contribution < -0.4 is 72.3 Å². The van der Waals surface area contributed by atoms with Crippen LogP contribution in [-0.2, 0) is 14.4 Å². The van der Waals surface area contributed by atoms with Crippen molar-refractivity contribution < 1.29 is 116 Å². The number of aliphatic carboxylic acids is 3. The number of rotatable bonds is 11. The molecule has 3 atom stereocenters. The number of nitrogens with zero attached hydrogens (tertiary/aromatic N) is 15. The predicted molar refractivity (Wildman–Crippen MR) is 513 cm³/mol. The van der Waals surface area contributed by atoms with Crippen molar-refractivity contribution in [3.63, 3.8) is 0 Å². The van der Waals surface area contributed by atoms with E-state index in [2.05, 4.69) is 185 Å². The molecule has 744 valence electrons. The summed E-state index contributed by atoms with van der Waals surface area (Å²) in [6.07, 6.45) is 16.5. The molecule has 0 aliphatic carbocycles. The first-order valence-corrected chi connectivity index (χ1v) is 48.2. The van der Waals surface area contributed by atoms with Gasteiger partial charge in [0.05, 0.1) is 71.2 Å². The van der Waals surface area contributed by atoms with Crippen LogP contribution in [0.1, 0.15) is 175 Å². The smallest absolute Gasteiger partial charge is 0.430 e. The Morgan fingerprint density at radius 1 is 0.476 bits per heavy atom. The van der Waals surface area contributed by atoms with Crippen molar-refractivity contribution in [1.29, 1.82) is 0 Å². The SMILES string of the molecule is CCC(C)Nc1ncc(C#Cc2csc(C)[nH+]2)cn1.Cc1[nH+]c(C#Cc2cnc(N3CCCCCC3)nc2)cs1.Cc1[nH+]c(C#Cc2cnc(O[C@@H](C)c3ccccc3)nc2)cs1.Cc1[nH+]c(C#Cc2cncc(Oc3cccnc3)c2)cs1.Cc1nc(C#Cc2cnc(N3CCCC(CO)C3)nc2)cs1.Cc1nc(C#Cc2cncc(Cl)c2)cs1.O=C([O-])C(F)(F)F.O=C([O-])C(F)(F)F.O=C([O-])C(F)(F)F.[Cl-]. The van der Waals surface area contributed by atoms with E-state index in [0.717, 1.165) is 155 Å². The molecule has 143 heavy (non-hydrogen) atoms. The van der Waals surface area contributed by atoms with Crippen molar-refractivity contribution in [3.05, 3.63) is 282 Å². The number of alkyl halides is 9. The fraction of sp³-hybridized carbons (Fsp3) is 0.278. The highest BCUT2D eigenvalue weighted by molar-refractivity contribution is 7.10. The molecule has 2 aliphatic rings. The average Bonchev–Trinajstić information content (AvgIpc) is 1.65. The van der Waals surface area contributed by atoms with Gasteiger partial charge < -0.3 is 71.8 Å². The molecule has 0 bridgehead atoms. The number of carboxylic acid groups (broad SMARTS) is 3. The van der Waals surface area contributed by atoms with E-state index < -0.39 is 36.4 Å². The predicted octanol–water partition coefficient (Wildman–Crippen LogP) is 10.4. The minimum atomic E-state index is -5.19. The number of carbonyl (C=O) groups excluding carboxylic acids is 3. The average molecular weight is 2110 g/mol. The van der Waals surface area contributed by atoms with E-state index in [1.165, 1.54) is 25.7 Å². The van der Waals surface area contributed by atoms with Gasteiger partial charge in [0.15, 0.2) is 0 Å². The molecule has 29 nitrogen and oxygen atoms in total. The lowest BCUT2D eigenvalue weighted by atomic mass is 9.99. The number of pyridine rings is 3. The van der Waals surface area contributed by atoms with Crippen LogP contribution in [0.4, 0.5) is 57.4 Å². The number of nitrogens with one attached hydrogen (secondary N) is 5. The fourth-order valence-electron chi connectivity index (χ4n) is 11.0. The van der Waals surface area contributed by atoms with Gasteiger partial charge in [-0.25, -0.2) is 49.8 Å². The molecule has 14 aromatic rings. The number of aliphatic hydroxyl groups excluding tert-OH is 1. The van der Waals surface area contributed by atoms with E-state index in [1.54, 1.807) is 148 Å². The summed E-state index contributed by atoms with van der Waals surface area (Å²) in [5.74, 6) is 31.3. The Labute approximate surface area is 852 Å². The standard InChI is InChI=1S/C18H15N3OS.C16H18N4OS.C16H18N4S.C16H11N3OS.C14H16N4S.C11H7ClN2S.3C2HF3O2.ClH/c1-13(16-6-4-3-5-7-16)22-18-19-10-15(11-20-18)8-9-17-12-23-14(2)21-17;1-12-19-15(11-22-12)5-4-13-7-17-16(18-8-13)20-6-2-3-14(9-20)10-21;1-13-19-15(12-21-13)7-6-14-10-17-16(18-11-14)20-8-4-2-3-5-9-20;1-12-19-14(11-21-12)5-4-13-7-16(10-18-8-13)20-15-3-2-6-17-9-15;1-4-10(2)17-14-15-7-12(8-16-14)5-6-13-9-19-11(3)18-13;1-8-14-11(7-15-8)3-2-9-4-10(12)6-13-5-9;3*3-2(4,5)1(6)7;/h3-7,10-13H,1-2H3;7-8,11,14,21H,2-3,6,9-10H2,1H3;10-12H,2-5,8-9H2,1H3;2-3,6-11H,1H3;7-10H,4H2,1-3H3,(H,15,16,17);4-7H,1H3;3*(H,6,7);1H/t13-;;;;;;;;;/m0........./s1. The Bertz CT molecular complexity index is 6700. The number of hydrogen-bond donors (Lipinski definition) is 2. The minimum Gasteiger partial charge on any atom is -1.00 e. The molecule has 0 radical (unpaired) electrons. The Morgan fingerprint density at radius 2 is 0.867 bits per heavy atom. The number of hydrogen-bond acceptors (Lipinski definition) is 31. The highest BCUT2D eigenvalue weighted by Gasteiger charge is 2.31.